The van der Waals surface area contributed by atoms with E-state index in [0.29, 0.717) is 16.5 Å². The second-order valence-electron chi connectivity index (χ2n) is 6.11. The molecule has 0 fully saturated rings. The van der Waals surface area contributed by atoms with Gasteiger partial charge in [-0.05, 0) is 42.3 Å². The minimum absolute atomic E-state index is 0.248. The van der Waals surface area contributed by atoms with Gasteiger partial charge in [0.2, 0.25) is 0 Å². The van der Waals surface area contributed by atoms with Gasteiger partial charge in [0.1, 0.15) is 5.75 Å². The number of carbonyl (C=O) groups is 2. The highest BCUT2D eigenvalue weighted by Crippen LogP contribution is 2.30. The van der Waals surface area contributed by atoms with Crippen LogP contribution in [0.2, 0.25) is 5.02 Å². The number of esters is 1. The van der Waals surface area contributed by atoms with Crippen molar-refractivity contribution in [1.82, 2.24) is 0 Å². The molecule has 1 amide bonds. The molecule has 0 bridgehead atoms. The average molecular weight is 410 g/mol. The smallest absolute Gasteiger partial charge is 0.340 e. The average Bonchev–Trinajstić information content (AvgIpc) is 2.74. The summed E-state index contributed by atoms with van der Waals surface area (Å²) >= 11 is 6.31. The molecule has 0 radical (unpaired) electrons. The van der Waals surface area contributed by atoms with E-state index in [2.05, 4.69) is 5.32 Å². The van der Waals surface area contributed by atoms with Gasteiger partial charge in [0.05, 0.1) is 22.9 Å². The molecule has 3 rings (SSSR count). The number of hydrogen-bond donors (Lipinski definition) is 1. The van der Waals surface area contributed by atoms with E-state index >= 15 is 0 Å². The molecule has 0 atom stereocenters. The fraction of sp³-hybridized carbons (Fsp3) is 0.130. The van der Waals surface area contributed by atoms with Crippen molar-refractivity contribution in [2.75, 3.05) is 18.5 Å². The molecule has 3 aromatic rings. The molecule has 0 aromatic heterocycles. The summed E-state index contributed by atoms with van der Waals surface area (Å²) in [5.41, 5.74) is 2.64. The summed E-state index contributed by atoms with van der Waals surface area (Å²) in [6.07, 6.45) is 0. The van der Waals surface area contributed by atoms with Gasteiger partial charge in [-0.1, -0.05) is 60.1 Å². The lowest BCUT2D eigenvalue weighted by Crippen LogP contribution is -2.22. The highest BCUT2D eigenvalue weighted by atomic mass is 35.5. The van der Waals surface area contributed by atoms with Gasteiger partial charge in [-0.15, -0.1) is 0 Å². The Balaban J connectivity index is 1.64. The number of hydrogen-bond acceptors (Lipinski definition) is 4. The van der Waals surface area contributed by atoms with Crippen molar-refractivity contribution >= 4 is 29.2 Å². The van der Waals surface area contributed by atoms with Crippen molar-refractivity contribution in [2.24, 2.45) is 0 Å². The van der Waals surface area contributed by atoms with Gasteiger partial charge in [-0.3, -0.25) is 4.79 Å². The molecule has 0 saturated heterocycles. The van der Waals surface area contributed by atoms with Crippen molar-refractivity contribution in [3.8, 4) is 16.9 Å². The lowest BCUT2D eigenvalue weighted by molar-refractivity contribution is -0.118. The lowest BCUT2D eigenvalue weighted by atomic mass is 10.1. The van der Waals surface area contributed by atoms with E-state index in [4.69, 9.17) is 21.1 Å². The standard InChI is InChI=1S/C23H20ClNO4/c1-2-28-23(27)18-10-6-7-11-20(18)25-22(26)15-29-21-13-12-17(14-19(21)24)16-8-4-3-5-9-16/h3-14H,2,15H2,1H3,(H,25,26). The second-order valence-corrected chi connectivity index (χ2v) is 6.52. The summed E-state index contributed by atoms with van der Waals surface area (Å²) < 4.78 is 10.6. The first-order valence-corrected chi connectivity index (χ1v) is 9.50. The van der Waals surface area contributed by atoms with Crippen LogP contribution in [-0.4, -0.2) is 25.1 Å². The van der Waals surface area contributed by atoms with Gasteiger partial charge in [0.25, 0.3) is 5.91 Å². The van der Waals surface area contributed by atoms with E-state index in [-0.39, 0.29) is 18.8 Å². The fourth-order valence-electron chi connectivity index (χ4n) is 2.74. The Morgan fingerprint density at radius 1 is 0.931 bits per heavy atom. The molecule has 0 aliphatic carbocycles. The zero-order chi connectivity index (χ0) is 20.6. The van der Waals surface area contributed by atoms with E-state index < -0.39 is 11.9 Å². The minimum atomic E-state index is -0.496. The van der Waals surface area contributed by atoms with Crippen LogP contribution in [0.5, 0.6) is 5.75 Å². The van der Waals surface area contributed by atoms with Crippen molar-refractivity contribution < 1.29 is 19.1 Å². The van der Waals surface area contributed by atoms with Gasteiger partial charge in [-0.25, -0.2) is 4.79 Å². The number of amides is 1. The fourth-order valence-corrected chi connectivity index (χ4v) is 2.97. The molecular formula is C23H20ClNO4. The van der Waals surface area contributed by atoms with E-state index in [1.807, 2.05) is 36.4 Å². The first kappa shape index (κ1) is 20.4. The first-order chi connectivity index (χ1) is 14.1. The van der Waals surface area contributed by atoms with Crippen LogP contribution in [0, 0.1) is 0 Å². The molecule has 0 saturated carbocycles. The maximum atomic E-state index is 12.3. The number of halogens is 1. The minimum Gasteiger partial charge on any atom is -0.482 e. The van der Waals surface area contributed by atoms with E-state index in [9.17, 15) is 9.59 Å². The highest BCUT2D eigenvalue weighted by Gasteiger charge is 2.14. The van der Waals surface area contributed by atoms with Crippen molar-refractivity contribution in [3.63, 3.8) is 0 Å². The molecule has 0 heterocycles. The van der Waals surface area contributed by atoms with Crippen molar-refractivity contribution in [1.29, 1.82) is 0 Å². The summed E-state index contributed by atoms with van der Waals surface area (Å²) in [7, 11) is 0. The maximum absolute atomic E-state index is 12.3. The molecule has 29 heavy (non-hydrogen) atoms. The molecular weight excluding hydrogens is 390 g/mol. The quantitative estimate of drug-likeness (QED) is 0.544. The monoisotopic (exact) mass is 409 g/mol. The Hall–Kier alpha value is -3.31. The molecule has 148 valence electrons. The van der Waals surface area contributed by atoms with Crippen LogP contribution in [0.15, 0.2) is 72.8 Å². The van der Waals surface area contributed by atoms with Gasteiger partial charge < -0.3 is 14.8 Å². The third kappa shape index (κ3) is 5.36. The zero-order valence-corrected chi connectivity index (χ0v) is 16.6. The molecule has 0 unspecified atom stereocenters. The summed E-state index contributed by atoms with van der Waals surface area (Å²) in [6, 6.07) is 21.9. The molecule has 3 aromatic carbocycles. The number of carbonyl (C=O) groups excluding carboxylic acids is 2. The Kier molecular flexibility index (Phi) is 6.87. The van der Waals surface area contributed by atoms with E-state index in [1.165, 1.54) is 0 Å². The third-order valence-corrected chi connectivity index (χ3v) is 4.39. The first-order valence-electron chi connectivity index (χ1n) is 9.12. The second kappa shape index (κ2) is 9.75. The third-order valence-electron chi connectivity index (χ3n) is 4.09. The SMILES string of the molecule is CCOC(=O)c1ccccc1NC(=O)COc1ccc(-c2ccccc2)cc1Cl. The molecule has 0 spiro atoms. The molecule has 6 heteroatoms. The van der Waals surface area contributed by atoms with Crippen LogP contribution < -0.4 is 10.1 Å². The predicted octanol–water partition coefficient (Wildman–Crippen LogP) is 5.20. The Morgan fingerprint density at radius 2 is 1.66 bits per heavy atom. The summed E-state index contributed by atoms with van der Waals surface area (Å²) in [4.78, 5) is 24.3. The normalized spacial score (nSPS) is 10.3. The number of nitrogens with one attached hydrogen (secondary N) is 1. The lowest BCUT2D eigenvalue weighted by Gasteiger charge is -2.12. The van der Waals surface area contributed by atoms with Gasteiger partial charge in [0.15, 0.2) is 6.61 Å². The number of para-hydroxylation sites is 1. The summed E-state index contributed by atoms with van der Waals surface area (Å²) in [5, 5.41) is 3.08. The number of ether oxygens (including phenoxy) is 2. The molecule has 0 aliphatic rings. The van der Waals surface area contributed by atoms with Gasteiger partial charge in [-0.2, -0.15) is 0 Å². The number of anilines is 1. The van der Waals surface area contributed by atoms with Crippen molar-refractivity contribution in [3.05, 3.63) is 83.4 Å². The zero-order valence-electron chi connectivity index (χ0n) is 15.9. The Labute approximate surface area is 174 Å². The van der Waals surface area contributed by atoms with E-state index in [0.717, 1.165) is 11.1 Å². The van der Waals surface area contributed by atoms with Crippen LogP contribution in [0.4, 0.5) is 5.69 Å². The predicted molar refractivity (Wildman–Crippen MR) is 113 cm³/mol. The number of benzene rings is 3. The number of rotatable bonds is 7. The van der Waals surface area contributed by atoms with Crippen LogP contribution in [0.3, 0.4) is 0 Å². The van der Waals surface area contributed by atoms with Crippen LogP contribution in [0.1, 0.15) is 17.3 Å². The van der Waals surface area contributed by atoms with E-state index in [1.54, 1.807) is 43.3 Å². The molecule has 5 nitrogen and oxygen atoms in total. The summed E-state index contributed by atoms with van der Waals surface area (Å²) in [6.45, 7) is 1.73. The van der Waals surface area contributed by atoms with Crippen molar-refractivity contribution in [2.45, 2.75) is 6.92 Å². The molecule has 0 aliphatic heterocycles. The van der Waals surface area contributed by atoms with Crippen LogP contribution in [0.25, 0.3) is 11.1 Å². The van der Waals surface area contributed by atoms with Gasteiger partial charge >= 0.3 is 5.97 Å². The van der Waals surface area contributed by atoms with Crippen LogP contribution in [-0.2, 0) is 9.53 Å². The maximum Gasteiger partial charge on any atom is 0.340 e. The topological polar surface area (TPSA) is 64.6 Å². The molecule has 1 N–H and O–H groups in total. The van der Waals surface area contributed by atoms with Crippen LogP contribution >= 0.6 is 11.6 Å². The Bertz CT molecular complexity index is 1000. The highest BCUT2D eigenvalue weighted by molar-refractivity contribution is 6.32. The largest absolute Gasteiger partial charge is 0.482 e. The summed E-state index contributed by atoms with van der Waals surface area (Å²) in [5.74, 6) is -0.506. The Morgan fingerprint density at radius 3 is 2.38 bits per heavy atom. The van der Waals surface area contributed by atoms with Gasteiger partial charge in [0, 0.05) is 0 Å².